The van der Waals surface area contributed by atoms with Gasteiger partial charge in [-0.3, -0.25) is 0 Å². The summed E-state index contributed by atoms with van der Waals surface area (Å²) in [4.78, 5) is 17.5. The Bertz CT molecular complexity index is 1640. The number of hydrogen-bond acceptors (Lipinski definition) is 5. The number of carboxylic acids is 1. The van der Waals surface area contributed by atoms with Crippen LogP contribution in [0.15, 0.2) is 66.9 Å². The second kappa shape index (κ2) is 12.5. The number of rotatable bonds is 9. The highest BCUT2D eigenvalue weighted by Crippen LogP contribution is 2.38. The van der Waals surface area contributed by atoms with E-state index in [1.54, 1.807) is 24.3 Å². The van der Waals surface area contributed by atoms with E-state index < -0.39 is 36.0 Å². The zero-order valence-corrected chi connectivity index (χ0v) is 23.6. The first kappa shape index (κ1) is 31.3. The SMILES string of the molecule is O=C(O)c1cnn(-c2cccc(-c3cccc(Cl)c3OCc3ccc(C4CCN(CCC(F)(F)F)C4)cc3)n2)c1C(F)(F)F. The van der Waals surface area contributed by atoms with Crippen LogP contribution in [0, 0.1) is 0 Å². The number of carboxylic acid groups (broad SMARTS) is 1. The number of ether oxygens (including phenoxy) is 1. The van der Waals surface area contributed by atoms with Crippen molar-refractivity contribution in [1.82, 2.24) is 19.7 Å². The van der Waals surface area contributed by atoms with Gasteiger partial charge in [0.1, 0.15) is 17.9 Å². The maximum absolute atomic E-state index is 13.8. The molecular formula is C30H25ClF6N4O3. The van der Waals surface area contributed by atoms with Gasteiger partial charge in [-0.05, 0) is 54.3 Å². The van der Waals surface area contributed by atoms with Gasteiger partial charge in [0.05, 0.1) is 23.3 Å². The van der Waals surface area contributed by atoms with Crippen molar-refractivity contribution in [3.63, 3.8) is 0 Å². The first-order valence-corrected chi connectivity index (χ1v) is 13.8. The average Bonchev–Trinajstić information content (AvgIpc) is 3.64. The minimum Gasteiger partial charge on any atom is -0.487 e. The monoisotopic (exact) mass is 638 g/mol. The summed E-state index contributed by atoms with van der Waals surface area (Å²) in [6, 6.07) is 16.7. The fraction of sp³-hybridized carbons (Fsp3) is 0.300. The summed E-state index contributed by atoms with van der Waals surface area (Å²) in [5.41, 5.74) is -0.0554. The molecule has 0 amide bonds. The highest BCUT2D eigenvalue weighted by molar-refractivity contribution is 6.32. The lowest BCUT2D eigenvalue weighted by Crippen LogP contribution is -2.26. The van der Waals surface area contributed by atoms with Crippen molar-refractivity contribution in [3.05, 3.63) is 94.3 Å². The number of benzene rings is 2. The highest BCUT2D eigenvalue weighted by Gasteiger charge is 2.41. The van der Waals surface area contributed by atoms with Crippen LogP contribution in [0.1, 0.15) is 45.9 Å². The molecule has 7 nitrogen and oxygen atoms in total. The van der Waals surface area contributed by atoms with Crippen LogP contribution in [0.5, 0.6) is 5.75 Å². The summed E-state index contributed by atoms with van der Waals surface area (Å²) in [7, 11) is 0. The van der Waals surface area contributed by atoms with E-state index in [1.807, 2.05) is 29.2 Å². The number of aromatic carboxylic acids is 1. The number of alkyl halides is 6. The Morgan fingerprint density at radius 1 is 1.02 bits per heavy atom. The van der Waals surface area contributed by atoms with Crippen molar-refractivity contribution in [2.75, 3.05) is 19.6 Å². The number of likely N-dealkylation sites (tertiary alicyclic amines) is 1. The third-order valence-corrected chi connectivity index (χ3v) is 7.58. The van der Waals surface area contributed by atoms with E-state index in [2.05, 4.69) is 10.1 Å². The van der Waals surface area contributed by atoms with Crippen LogP contribution in [0.25, 0.3) is 17.1 Å². The van der Waals surface area contributed by atoms with Crippen LogP contribution >= 0.6 is 11.6 Å². The normalized spacial score (nSPS) is 15.9. The Balaban J connectivity index is 1.32. The van der Waals surface area contributed by atoms with Crippen LogP contribution in [-0.4, -0.2) is 56.6 Å². The summed E-state index contributed by atoms with van der Waals surface area (Å²) in [6.45, 7) is 1.24. The first-order chi connectivity index (χ1) is 20.8. The Morgan fingerprint density at radius 2 is 1.75 bits per heavy atom. The largest absolute Gasteiger partial charge is 0.487 e. The van der Waals surface area contributed by atoms with Gasteiger partial charge in [-0.1, -0.05) is 48.0 Å². The van der Waals surface area contributed by atoms with Gasteiger partial charge in [-0.2, -0.15) is 31.4 Å². The van der Waals surface area contributed by atoms with Gasteiger partial charge in [0, 0.05) is 18.7 Å². The summed E-state index contributed by atoms with van der Waals surface area (Å²) >= 11 is 6.44. The lowest BCUT2D eigenvalue weighted by Gasteiger charge is -2.17. The number of para-hydroxylation sites is 1. The molecule has 5 rings (SSSR count). The first-order valence-electron chi connectivity index (χ1n) is 13.5. The fourth-order valence-electron chi connectivity index (χ4n) is 5.13. The van der Waals surface area contributed by atoms with Gasteiger partial charge in [0.2, 0.25) is 0 Å². The van der Waals surface area contributed by atoms with Crippen molar-refractivity contribution >= 4 is 17.6 Å². The van der Waals surface area contributed by atoms with E-state index in [9.17, 15) is 36.2 Å². The van der Waals surface area contributed by atoms with Gasteiger partial charge in [-0.25, -0.2) is 14.5 Å². The van der Waals surface area contributed by atoms with Crippen molar-refractivity contribution in [2.24, 2.45) is 0 Å². The van der Waals surface area contributed by atoms with Gasteiger partial charge in [0.25, 0.3) is 0 Å². The molecule has 1 unspecified atom stereocenters. The summed E-state index contributed by atoms with van der Waals surface area (Å²) in [5.74, 6) is -1.66. The highest BCUT2D eigenvalue weighted by atomic mass is 35.5. The summed E-state index contributed by atoms with van der Waals surface area (Å²) < 4.78 is 85.5. The van der Waals surface area contributed by atoms with Crippen molar-refractivity contribution in [3.8, 4) is 22.8 Å². The fourth-order valence-corrected chi connectivity index (χ4v) is 5.36. The molecule has 1 aliphatic heterocycles. The molecule has 232 valence electrons. The maximum Gasteiger partial charge on any atom is 0.434 e. The lowest BCUT2D eigenvalue weighted by molar-refractivity contribution is -0.143. The molecule has 1 saturated heterocycles. The predicted molar refractivity (Wildman–Crippen MR) is 149 cm³/mol. The molecule has 4 aromatic rings. The second-order valence-electron chi connectivity index (χ2n) is 10.3. The summed E-state index contributed by atoms with van der Waals surface area (Å²) in [5, 5.41) is 13.1. The Morgan fingerprint density at radius 3 is 2.43 bits per heavy atom. The smallest absolute Gasteiger partial charge is 0.434 e. The van der Waals surface area contributed by atoms with Crippen LogP contribution in [0.3, 0.4) is 0 Å². The van der Waals surface area contributed by atoms with Crippen molar-refractivity contribution in [2.45, 2.75) is 37.7 Å². The van der Waals surface area contributed by atoms with Gasteiger partial charge in [0.15, 0.2) is 11.5 Å². The minimum absolute atomic E-state index is 0.0152. The number of nitrogens with zero attached hydrogens (tertiary/aromatic N) is 4. The molecular weight excluding hydrogens is 614 g/mol. The number of hydrogen-bond donors (Lipinski definition) is 1. The molecule has 0 spiro atoms. The zero-order valence-electron chi connectivity index (χ0n) is 22.9. The number of carbonyl (C=O) groups is 1. The van der Waals surface area contributed by atoms with E-state index in [1.165, 1.54) is 12.1 Å². The molecule has 0 radical (unpaired) electrons. The molecule has 1 fully saturated rings. The number of aromatic nitrogens is 3. The van der Waals surface area contributed by atoms with E-state index in [4.69, 9.17) is 16.3 Å². The number of pyridine rings is 1. The topological polar surface area (TPSA) is 80.5 Å². The molecule has 14 heteroatoms. The van der Waals surface area contributed by atoms with Crippen LogP contribution in [0.2, 0.25) is 5.02 Å². The standard InChI is InChI=1S/C30H25ClF6N4O3/c31-23-4-1-3-21(24-5-2-6-25(39-24)41-27(30(35,36)37)22(15-38-41)28(42)43)26(23)44-17-18-7-9-19(10-8-18)20-11-13-40(16-20)14-12-29(32,33)34/h1-10,15,20H,11-14,16-17H2,(H,42,43). The van der Waals surface area contributed by atoms with Crippen molar-refractivity contribution in [1.29, 1.82) is 0 Å². The Kier molecular flexibility index (Phi) is 8.89. The van der Waals surface area contributed by atoms with E-state index in [0.717, 1.165) is 17.5 Å². The molecule has 0 aliphatic carbocycles. The average molecular weight is 639 g/mol. The quantitative estimate of drug-likeness (QED) is 0.190. The molecule has 0 bridgehead atoms. The summed E-state index contributed by atoms with van der Waals surface area (Å²) in [6.07, 6.45) is -8.63. The van der Waals surface area contributed by atoms with E-state index in [-0.39, 0.29) is 41.4 Å². The van der Waals surface area contributed by atoms with Gasteiger partial charge < -0.3 is 14.7 Å². The maximum atomic E-state index is 13.8. The molecule has 3 heterocycles. The number of halogens is 7. The molecule has 1 atom stereocenters. The van der Waals surface area contributed by atoms with Crippen molar-refractivity contribution < 1.29 is 41.0 Å². The Labute approximate surface area is 252 Å². The predicted octanol–water partition coefficient (Wildman–Crippen LogP) is 7.63. The van der Waals surface area contributed by atoms with Gasteiger partial charge in [-0.15, -0.1) is 0 Å². The third kappa shape index (κ3) is 7.16. The minimum atomic E-state index is -5.01. The third-order valence-electron chi connectivity index (χ3n) is 7.28. The molecule has 1 aliphatic rings. The van der Waals surface area contributed by atoms with Crippen LogP contribution in [-0.2, 0) is 12.8 Å². The molecule has 2 aromatic heterocycles. The lowest BCUT2D eigenvalue weighted by atomic mass is 9.97. The van der Waals surface area contributed by atoms with E-state index in [0.29, 0.717) is 29.5 Å². The molecule has 2 aromatic carbocycles. The molecule has 1 N–H and O–H groups in total. The Hall–Kier alpha value is -4.10. The second-order valence-corrected chi connectivity index (χ2v) is 10.7. The van der Waals surface area contributed by atoms with Crippen LogP contribution in [0.4, 0.5) is 26.3 Å². The zero-order chi connectivity index (χ0) is 31.6. The molecule has 44 heavy (non-hydrogen) atoms. The molecule has 0 saturated carbocycles. The van der Waals surface area contributed by atoms with Gasteiger partial charge >= 0.3 is 18.3 Å². The van der Waals surface area contributed by atoms with E-state index >= 15 is 0 Å². The van der Waals surface area contributed by atoms with Crippen LogP contribution < -0.4 is 4.74 Å².